The predicted molar refractivity (Wildman–Crippen MR) is 102 cm³/mol. The zero-order chi connectivity index (χ0) is 19.4. The first-order valence-corrected chi connectivity index (χ1v) is 9.60. The van der Waals surface area contributed by atoms with E-state index in [0.29, 0.717) is 23.3 Å². The predicted octanol–water partition coefficient (Wildman–Crippen LogP) is 3.61. The van der Waals surface area contributed by atoms with Crippen molar-refractivity contribution in [3.05, 3.63) is 29.5 Å². The fraction of sp³-hybridized carbons (Fsp3) is 0.600. The summed E-state index contributed by atoms with van der Waals surface area (Å²) >= 11 is 0. The first-order valence-electron chi connectivity index (χ1n) is 9.60. The van der Waals surface area contributed by atoms with Gasteiger partial charge in [-0.15, -0.1) is 0 Å². The van der Waals surface area contributed by atoms with Gasteiger partial charge in [0.05, 0.1) is 11.2 Å². The van der Waals surface area contributed by atoms with Crippen LogP contribution in [0.3, 0.4) is 0 Å². The average Bonchev–Trinajstić information content (AvgIpc) is 2.81. The summed E-state index contributed by atoms with van der Waals surface area (Å²) in [5.41, 5.74) is -0.874. The van der Waals surface area contributed by atoms with Gasteiger partial charge in [-0.3, -0.25) is 0 Å². The highest BCUT2D eigenvalue weighted by Crippen LogP contribution is 2.48. The van der Waals surface area contributed by atoms with E-state index in [1.54, 1.807) is 18.2 Å². The Morgan fingerprint density at radius 2 is 1.74 bits per heavy atom. The van der Waals surface area contributed by atoms with E-state index in [1.165, 1.54) is 0 Å². The second-order valence-electron chi connectivity index (χ2n) is 8.81. The second-order valence-corrected chi connectivity index (χ2v) is 8.81. The number of fused-ring (bicyclic) bond motifs is 1. The Balaban J connectivity index is 1.77. The summed E-state index contributed by atoms with van der Waals surface area (Å²) in [4.78, 5) is 0. The summed E-state index contributed by atoms with van der Waals surface area (Å²) in [5.74, 6) is 0.625. The van der Waals surface area contributed by atoms with Crippen LogP contribution >= 0.6 is 0 Å². The minimum atomic E-state index is -1.04. The molecule has 7 heteroatoms. The maximum Gasteiger partial charge on any atom is 0.525 e. The van der Waals surface area contributed by atoms with Crippen LogP contribution in [0.5, 0.6) is 11.5 Å². The molecular weight excluding hydrogens is 348 g/mol. The van der Waals surface area contributed by atoms with E-state index < -0.39 is 29.6 Å². The van der Waals surface area contributed by atoms with Crippen molar-refractivity contribution in [1.82, 2.24) is 5.32 Å². The molecule has 146 valence electrons. The number of benzene rings is 1. The molecule has 2 fully saturated rings. The Bertz CT molecular complexity index is 770. The molecule has 0 aliphatic carbocycles. The lowest BCUT2D eigenvalue weighted by Crippen LogP contribution is -2.48. The first-order chi connectivity index (χ1) is 12.6. The molecule has 0 unspecified atom stereocenters. The minimum Gasteiger partial charge on any atom is -0.508 e. The maximum absolute atomic E-state index is 15.7. The van der Waals surface area contributed by atoms with Crippen molar-refractivity contribution >= 4 is 12.7 Å². The molecule has 0 amide bonds. The van der Waals surface area contributed by atoms with E-state index in [9.17, 15) is 5.11 Å². The SMILES string of the molecule is CC1(C)OB(C(F)=C2CC3(CCNCC3)Oc3cc(O)ccc32)OC1(C)C. The zero-order valence-electron chi connectivity index (χ0n) is 16.4. The number of piperidine rings is 1. The molecule has 2 saturated heterocycles. The van der Waals surface area contributed by atoms with Gasteiger partial charge in [0.1, 0.15) is 22.8 Å². The topological polar surface area (TPSA) is 60.0 Å². The van der Waals surface area contributed by atoms with Crippen molar-refractivity contribution in [3.8, 4) is 11.5 Å². The summed E-state index contributed by atoms with van der Waals surface area (Å²) in [6.07, 6.45) is 2.02. The quantitative estimate of drug-likeness (QED) is 0.735. The Morgan fingerprint density at radius 1 is 1.11 bits per heavy atom. The van der Waals surface area contributed by atoms with Gasteiger partial charge in [0.2, 0.25) is 0 Å². The summed E-state index contributed by atoms with van der Waals surface area (Å²) in [6.45, 7) is 9.29. The third-order valence-corrected chi connectivity index (χ3v) is 6.38. The molecule has 0 saturated carbocycles. The van der Waals surface area contributed by atoms with Crippen LogP contribution in [-0.4, -0.2) is 42.1 Å². The van der Waals surface area contributed by atoms with Crippen molar-refractivity contribution in [3.63, 3.8) is 0 Å². The van der Waals surface area contributed by atoms with Crippen LogP contribution in [0.4, 0.5) is 4.39 Å². The van der Waals surface area contributed by atoms with Crippen LogP contribution in [0.1, 0.15) is 52.5 Å². The molecule has 4 rings (SSSR count). The molecule has 27 heavy (non-hydrogen) atoms. The van der Waals surface area contributed by atoms with Crippen molar-refractivity contribution in [2.45, 2.75) is 63.8 Å². The molecular formula is C20H27BFNO4. The van der Waals surface area contributed by atoms with Gasteiger partial charge in [-0.25, -0.2) is 4.39 Å². The van der Waals surface area contributed by atoms with E-state index in [-0.39, 0.29) is 5.75 Å². The van der Waals surface area contributed by atoms with Crippen LogP contribution in [0, 0.1) is 0 Å². The Hall–Kier alpha value is -1.57. The van der Waals surface area contributed by atoms with Gasteiger partial charge < -0.3 is 24.5 Å². The number of rotatable bonds is 1. The van der Waals surface area contributed by atoms with Crippen LogP contribution in [0.15, 0.2) is 23.9 Å². The standard InChI is InChI=1S/C20H27BFNO4/c1-18(2)19(3,4)27-21(26-18)17(22)15-12-20(7-9-23-10-8-20)25-16-11-13(24)5-6-14(15)16/h5-6,11,23-24H,7-10,12H2,1-4H3. The smallest absolute Gasteiger partial charge is 0.508 e. The molecule has 0 aromatic heterocycles. The number of halogens is 1. The number of aromatic hydroxyl groups is 1. The lowest BCUT2D eigenvalue weighted by atomic mass is 9.75. The minimum absolute atomic E-state index is 0.107. The number of hydrogen-bond acceptors (Lipinski definition) is 5. The third kappa shape index (κ3) is 3.16. The fourth-order valence-electron chi connectivity index (χ4n) is 3.99. The van der Waals surface area contributed by atoms with E-state index in [1.807, 2.05) is 27.7 Å². The molecule has 2 N–H and O–H groups in total. The van der Waals surface area contributed by atoms with Gasteiger partial charge in [-0.05, 0) is 71.3 Å². The summed E-state index contributed by atoms with van der Waals surface area (Å²) < 4.78 is 33.8. The molecule has 1 aromatic carbocycles. The lowest BCUT2D eigenvalue weighted by molar-refractivity contribution is 0.00578. The molecule has 0 radical (unpaired) electrons. The number of nitrogens with one attached hydrogen (secondary N) is 1. The first kappa shape index (κ1) is 18.8. The molecule has 1 spiro atoms. The highest BCUT2D eigenvalue weighted by molar-refractivity contribution is 6.55. The van der Waals surface area contributed by atoms with Gasteiger partial charge in [0.25, 0.3) is 0 Å². The zero-order valence-corrected chi connectivity index (χ0v) is 16.4. The molecule has 0 atom stereocenters. The van der Waals surface area contributed by atoms with Crippen molar-refractivity contribution in [1.29, 1.82) is 0 Å². The number of phenolic OH excluding ortho intramolecular Hbond substituents is 1. The monoisotopic (exact) mass is 375 g/mol. The Labute approximate surface area is 160 Å². The van der Waals surface area contributed by atoms with E-state index in [2.05, 4.69) is 5.32 Å². The van der Waals surface area contributed by atoms with Crippen molar-refractivity contribution < 1.29 is 23.5 Å². The largest absolute Gasteiger partial charge is 0.525 e. The van der Waals surface area contributed by atoms with Gasteiger partial charge in [0, 0.05) is 18.1 Å². The second kappa shape index (κ2) is 6.22. The molecule has 1 aromatic rings. The summed E-state index contributed by atoms with van der Waals surface area (Å²) in [7, 11) is -1.04. The van der Waals surface area contributed by atoms with Crippen LogP contribution in [-0.2, 0) is 9.31 Å². The van der Waals surface area contributed by atoms with Crippen LogP contribution in [0.25, 0.3) is 5.57 Å². The van der Waals surface area contributed by atoms with Gasteiger partial charge in [-0.2, -0.15) is 0 Å². The highest BCUT2D eigenvalue weighted by atomic mass is 19.1. The molecule has 5 nitrogen and oxygen atoms in total. The van der Waals surface area contributed by atoms with E-state index in [4.69, 9.17) is 14.0 Å². The number of ether oxygens (including phenoxy) is 1. The summed E-state index contributed by atoms with van der Waals surface area (Å²) in [6, 6.07) is 4.83. The molecule has 3 heterocycles. The van der Waals surface area contributed by atoms with Crippen molar-refractivity contribution in [2.75, 3.05) is 13.1 Å². The van der Waals surface area contributed by atoms with E-state index >= 15 is 4.39 Å². The number of hydrogen-bond donors (Lipinski definition) is 2. The normalized spacial score (nSPS) is 27.2. The Morgan fingerprint density at radius 3 is 2.37 bits per heavy atom. The fourth-order valence-corrected chi connectivity index (χ4v) is 3.99. The average molecular weight is 375 g/mol. The van der Waals surface area contributed by atoms with Gasteiger partial charge >= 0.3 is 7.12 Å². The third-order valence-electron chi connectivity index (χ3n) is 6.38. The van der Waals surface area contributed by atoms with Gasteiger partial charge in [0.15, 0.2) is 0 Å². The van der Waals surface area contributed by atoms with Crippen molar-refractivity contribution in [2.24, 2.45) is 0 Å². The lowest BCUT2D eigenvalue weighted by Gasteiger charge is -2.42. The highest BCUT2D eigenvalue weighted by Gasteiger charge is 2.54. The maximum atomic E-state index is 15.7. The van der Waals surface area contributed by atoms with Crippen LogP contribution < -0.4 is 10.1 Å². The van der Waals surface area contributed by atoms with Gasteiger partial charge in [-0.1, -0.05) is 0 Å². The van der Waals surface area contributed by atoms with Crippen LogP contribution in [0.2, 0.25) is 0 Å². The number of phenols is 1. The Kier molecular flexibility index (Phi) is 4.33. The van der Waals surface area contributed by atoms with E-state index in [0.717, 1.165) is 25.9 Å². The molecule has 3 aliphatic heterocycles. The summed E-state index contributed by atoms with van der Waals surface area (Å²) in [5, 5.41) is 13.2. The molecule has 0 bridgehead atoms. The molecule has 3 aliphatic rings.